The number of hydrogen-bond donors (Lipinski definition) is 1. The molecule has 0 amide bonds. The first kappa shape index (κ1) is 13.9. The molecule has 0 bridgehead atoms. The van der Waals surface area contributed by atoms with E-state index < -0.39 is 0 Å². The van der Waals surface area contributed by atoms with Gasteiger partial charge in [0.2, 0.25) is 0 Å². The van der Waals surface area contributed by atoms with E-state index in [0.717, 1.165) is 0 Å². The van der Waals surface area contributed by atoms with Gasteiger partial charge < -0.3 is 5.73 Å². The van der Waals surface area contributed by atoms with Gasteiger partial charge in [-0.15, -0.1) is 0 Å². The van der Waals surface area contributed by atoms with Crippen molar-refractivity contribution in [3.8, 4) is 0 Å². The third kappa shape index (κ3) is 3.97. The smallest absolute Gasteiger partial charge is 0.137 e. The van der Waals surface area contributed by atoms with Crippen LogP contribution in [0.2, 0.25) is 0 Å². The van der Waals surface area contributed by atoms with Gasteiger partial charge in [0, 0.05) is 12.8 Å². The van der Waals surface area contributed by atoms with Crippen LogP contribution in [0.25, 0.3) is 0 Å². The van der Waals surface area contributed by atoms with Crippen molar-refractivity contribution in [2.75, 3.05) is 6.54 Å². The van der Waals surface area contributed by atoms with Crippen LogP contribution >= 0.6 is 0 Å². The summed E-state index contributed by atoms with van der Waals surface area (Å²) in [6, 6.07) is 4.28. The average molecular weight is 233 g/mol. The highest BCUT2D eigenvalue weighted by Crippen LogP contribution is 2.18. The Kier molecular flexibility index (Phi) is 4.88. The van der Waals surface area contributed by atoms with Gasteiger partial charge in [0.15, 0.2) is 0 Å². The second-order valence-corrected chi connectivity index (χ2v) is 5.14. The van der Waals surface area contributed by atoms with Crippen molar-refractivity contribution in [1.82, 2.24) is 0 Å². The molecule has 0 saturated carbocycles. The van der Waals surface area contributed by atoms with E-state index in [2.05, 4.69) is 32.9 Å². The highest BCUT2D eigenvalue weighted by molar-refractivity contribution is 5.81. The van der Waals surface area contributed by atoms with E-state index in [1.54, 1.807) is 0 Å². The first-order valence-corrected chi connectivity index (χ1v) is 6.22. The van der Waals surface area contributed by atoms with E-state index in [4.69, 9.17) is 5.73 Å². The van der Waals surface area contributed by atoms with Crippen molar-refractivity contribution >= 4 is 5.78 Å². The highest BCUT2D eigenvalue weighted by Gasteiger charge is 2.12. The second-order valence-electron chi connectivity index (χ2n) is 5.14. The Balaban J connectivity index is 2.78. The Hall–Kier alpha value is -1.15. The molecule has 0 aliphatic heterocycles. The first-order chi connectivity index (χ1) is 7.93. The normalized spacial score (nSPS) is 12.5. The van der Waals surface area contributed by atoms with Crippen molar-refractivity contribution < 1.29 is 4.79 Å². The zero-order valence-corrected chi connectivity index (χ0v) is 11.3. The largest absolute Gasteiger partial charge is 0.330 e. The fourth-order valence-corrected chi connectivity index (χ4v) is 2.23. The Labute approximate surface area is 104 Å². The number of hydrogen-bond acceptors (Lipinski definition) is 2. The molecule has 0 aliphatic carbocycles. The highest BCUT2D eigenvalue weighted by atomic mass is 16.1. The summed E-state index contributed by atoms with van der Waals surface area (Å²) in [5.74, 6) is 0.576. The molecule has 17 heavy (non-hydrogen) atoms. The molecule has 2 N–H and O–H groups in total. The quantitative estimate of drug-likeness (QED) is 0.849. The Bertz CT molecular complexity index is 386. The van der Waals surface area contributed by atoms with Gasteiger partial charge in [0.25, 0.3) is 0 Å². The maximum Gasteiger partial charge on any atom is 0.137 e. The summed E-state index contributed by atoms with van der Waals surface area (Å²) in [7, 11) is 0. The molecule has 1 aromatic carbocycles. The summed E-state index contributed by atoms with van der Waals surface area (Å²) in [4.78, 5) is 11.9. The molecule has 2 heteroatoms. The van der Waals surface area contributed by atoms with Gasteiger partial charge in [0.05, 0.1) is 0 Å². The first-order valence-electron chi connectivity index (χ1n) is 6.22. The van der Waals surface area contributed by atoms with Crippen molar-refractivity contribution in [3.63, 3.8) is 0 Å². The summed E-state index contributed by atoms with van der Waals surface area (Å²) in [5, 5.41) is 0. The molecule has 1 unspecified atom stereocenters. The predicted octanol–water partition coefficient (Wildman–Crippen LogP) is 2.71. The Morgan fingerprint density at radius 3 is 2.24 bits per heavy atom. The van der Waals surface area contributed by atoms with Crippen molar-refractivity contribution in [2.45, 2.75) is 40.5 Å². The van der Waals surface area contributed by atoms with Crippen LogP contribution in [0.3, 0.4) is 0 Å². The standard InChI is InChI=1S/C15H23NO/c1-10-5-12(3)15(13(4)6-10)8-14(17)7-11(2)9-16/h5-6,11H,7-9,16H2,1-4H3. The van der Waals surface area contributed by atoms with E-state index in [0.29, 0.717) is 19.4 Å². The van der Waals surface area contributed by atoms with Crippen molar-refractivity contribution in [1.29, 1.82) is 0 Å². The third-order valence-corrected chi connectivity index (χ3v) is 3.19. The lowest BCUT2D eigenvalue weighted by Crippen LogP contribution is -2.17. The fraction of sp³-hybridized carbons (Fsp3) is 0.533. The van der Waals surface area contributed by atoms with Crippen LogP contribution in [-0.2, 0) is 11.2 Å². The summed E-state index contributed by atoms with van der Waals surface area (Å²) in [5.41, 5.74) is 10.4. The maximum atomic E-state index is 11.9. The van der Waals surface area contributed by atoms with Crippen LogP contribution in [0.4, 0.5) is 0 Å². The van der Waals surface area contributed by atoms with E-state index in [1.807, 2.05) is 6.92 Å². The molecule has 0 heterocycles. The predicted molar refractivity (Wildman–Crippen MR) is 72.2 cm³/mol. The van der Waals surface area contributed by atoms with Gasteiger partial charge in [-0.25, -0.2) is 0 Å². The minimum absolute atomic E-state index is 0.286. The SMILES string of the molecule is Cc1cc(C)c(CC(=O)CC(C)CN)c(C)c1. The summed E-state index contributed by atoms with van der Waals surface area (Å²) in [6.45, 7) is 8.84. The topological polar surface area (TPSA) is 43.1 Å². The van der Waals surface area contributed by atoms with Gasteiger partial charge in [0.1, 0.15) is 5.78 Å². The van der Waals surface area contributed by atoms with Crippen LogP contribution in [0.5, 0.6) is 0 Å². The Morgan fingerprint density at radius 1 is 1.24 bits per heavy atom. The minimum atomic E-state index is 0.286. The fourth-order valence-electron chi connectivity index (χ4n) is 2.23. The van der Waals surface area contributed by atoms with E-state index in [9.17, 15) is 4.79 Å². The second kappa shape index (κ2) is 5.97. The number of Topliss-reactive ketones (excluding diaryl/α,β-unsaturated/α-hetero) is 1. The number of rotatable bonds is 5. The zero-order valence-electron chi connectivity index (χ0n) is 11.3. The summed E-state index contributed by atoms with van der Waals surface area (Å²) >= 11 is 0. The van der Waals surface area contributed by atoms with Crippen LogP contribution in [0, 0.1) is 26.7 Å². The molecule has 1 atom stereocenters. The van der Waals surface area contributed by atoms with E-state index >= 15 is 0 Å². The Morgan fingerprint density at radius 2 is 1.76 bits per heavy atom. The number of nitrogens with two attached hydrogens (primary N) is 1. The van der Waals surface area contributed by atoms with Crippen molar-refractivity contribution in [2.24, 2.45) is 11.7 Å². The summed E-state index contributed by atoms with van der Waals surface area (Å²) < 4.78 is 0. The van der Waals surface area contributed by atoms with Crippen LogP contribution < -0.4 is 5.73 Å². The molecule has 0 aromatic heterocycles. The number of carbonyl (C=O) groups excluding carboxylic acids is 1. The molecule has 1 aromatic rings. The molecule has 1 rings (SSSR count). The molecular weight excluding hydrogens is 210 g/mol. The van der Waals surface area contributed by atoms with Gasteiger partial charge >= 0.3 is 0 Å². The van der Waals surface area contributed by atoms with Crippen LogP contribution in [0.15, 0.2) is 12.1 Å². The molecule has 0 fully saturated rings. The number of benzene rings is 1. The average Bonchev–Trinajstić information content (AvgIpc) is 2.23. The van der Waals surface area contributed by atoms with Crippen molar-refractivity contribution in [3.05, 3.63) is 34.4 Å². The third-order valence-electron chi connectivity index (χ3n) is 3.19. The van der Waals surface area contributed by atoms with Crippen LogP contribution in [0.1, 0.15) is 35.6 Å². The molecule has 0 saturated heterocycles. The number of ketones is 1. The monoisotopic (exact) mass is 233 g/mol. The summed E-state index contributed by atoms with van der Waals surface area (Å²) in [6.07, 6.45) is 1.13. The maximum absolute atomic E-state index is 11.9. The van der Waals surface area contributed by atoms with Gasteiger partial charge in [-0.2, -0.15) is 0 Å². The number of carbonyl (C=O) groups is 1. The molecule has 2 nitrogen and oxygen atoms in total. The molecule has 0 aliphatic rings. The molecule has 94 valence electrons. The minimum Gasteiger partial charge on any atom is -0.330 e. The molecule has 0 spiro atoms. The lowest BCUT2D eigenvalue weighted by Gasteiger charge is -2.12. The van der Waals surface area contributed by atoms with Gasteiger partial charge in [-0.05, 0) is 49.9 Å². The molecule has 0 radical (unpaired) electrons. The lowest BCUT2D eigenvalue weighted by molar-refractivity contribution is -0.119. The van der Waals surface area contributed by atoms with Crippen LogP contribution in [-0.4, -0.2) is 12.3 Å². The van der Waals surface area contributed by atoms with Gasteiger partial charge in [-0.3, -0.25) is 4.79 Å². The van der Waals surface area contributed by atoms with Gasteiger partial charge in [-0.1, -0.05) is 24.6 Å². The number of aryl methyl sites for hydroxylation is 3. The molecular formula is C15H23NO. The zero-order chi connectivity index (χ0) is 13.0. The lowest BCUT2D eigenvalue weighted by atomic mass is 9.93. The van der Waals surface area contributed by atoms with E-state index in [-0.39, 0.29) is 11.7 Å². The van der Waals surface area contributed by atoms with E-state index in [1.165, 1.54) is 22.3 Å².